The van der Waals surface area contributed by atoms with E-state index in [1.54, 1.807) is 0 Å². The molecule has 0 spiro atoms. The van der Waals surface area contributed by atoms with Crippen molar-refractivity contribution in [2.24, 2.45) is 0 Å². The molecule has 0 unspecified atom stereocenters. The minimum atomic E-state index is -0.764. The number of carboxylic acids is 2. The molecule has 1 aliphatic heterocycles. The van der Waals surface area contributed by atoms with Crippen LogP contribution in [0.15, 0.2) is 0 Å². The van der Waals surface area contributed by atoms with Crippen molar-refractivity contribution < 1.29 is 19.8 Å². The van der Waals surface area contributed by atoms with Gasteiger partial charge in [0.15, 0.2) is 0 Å². The van der Waals surface area contributed by atoms with Crippen molar-refractivity contribution in [1.29, 1.82) is 0 Å². The van der Waals surface area contributed by atoms with Gasteiger partial charge in [-0.25, -0.2) is 0 Å². The van der Waals surface area contributed by atoms with Gasteiger partial charge >= 0.3 is 11.9 Å². The number of unbranched alkanes of at least 4 members (excludes halogenated alkanes) is 5. The zero-order valence-electron chi connectivity index (χ0n) is 24.7. The smallest absolute Gasteiger partial charge is 0.303 e. The topological polar surface area (TPSA) is 153 Å². The molecule has 2 rings (SSSR count). The maximum Gasteiger partial charge on any atom is 0.303 e. The van der Waals surface area contributed by atoms with E-state index in [1.807, 2.05) is 0 Å². The highest BCUT2D eigenvalue weighted by molar-refractivity contribution is 5.66. The van der Waals surface area contributed by atoms with Crippen molar-refractivity contribution in [1.82, 2.24) is 20.3 Å². The Morgan fingerprint density at radius 1 is 0.821 bits per heavy atom. The van der Waals surface area contributed by atoms with Crippen LogP contribution in [-0.2, 0) is 9.59 Å². The first kappa shape index (κ1) is 32.5. The Bertz CT molecular complexity index is 850. The molecule has 1 saturated heterocycles. The SMILES string of the molecule is CCCCN(c1nc(NCCCCCC(=O)O)nc(NCCCCCC(=O)O)n1)C1CC(C)(C)NC(C)(C)C1. The van der Waals surface area contributed by atoms with Crippen LogP contribution in [0.3, 0.4) is 0 Å². The fourth-order valence-corrected chi connectivity index (χ4v) is 5.47. The molecule has 2 heterocycles. The van der Waals surface area contributed by atoms with Crippen LogP contribution in [-0.4, -0.2) is 73.9 Å². The van der Waals surface area contributed by atoms with Crippen molar-refractivity contribution in [2.45, 2.75) is 129 Å². The van der Waals surface area contributed by atoms with E-state index in [-0.39, 0.29) is 30.0 Å². The van der Waals surface area contributed by atoms with Crippen molar-refractivity contribution in [2.75, 3.05) is 35.2 Å². The van der Waals surface area contributed by atoms with Gasteiger partial charge in [-0.15, -0.1) is 0 Å². The number of carbonyl (C=O) groups is 2. The second kappa shape index (κ2) is 15.8. The third-order valence-electron chi connectivity index (χ3n) is 6.94. The lowest BCUT2D eigenvalue weighted by Gasteiger charge is -2.49. The molecule has 0 saturated carbocycles. The van der Waals surface area contributed by atoms with E-state index in [0.717, 1.165) is 57.9 Å². The van der Waals surface area contributed by atoms with Crippen LogP contribution in [0.25, 0.3) is 0 Å². The van der Waals surface area contributed by atoms with Gasteiger partial charge < -0.3 is 31.1 Å². The number of carboxylic acid groups (broad SMARTS) is 2. The number of aromatic nitrogens is 3. The van der Waals surface area contributed by atoms with Crippen LogP contribution in [0, 0.1) is 0 Å². The summed E-state index contributed by atoms with van der Waals surface area (Å²) in [5.74, 6) is 0.167. The maximum absolute atomic E-state index is 10.8. The van der Waals surface area contributed by atoms with Crippen LogP contribution >= 0.6 is 0 Å². The summed E-state index contributed by atoms with van der Waals surface area (Å²) in [7, 11) is 0. The van der Waals surface area contributed by atoms with E-state index in [0.29, 0.717) is 43.8 Å². The summed E-state index contributed by atoms with van der Waals surface area (Å²) in [5, 5.41) is 28.1. The maximum atomic E-state index is 10.8. The largest absolute Gasteiger partial charge is 0.481 e. The summed E-state index contributed by atoms with van der Waals surface area (Å²) < 4.78 is 0. The molecule has 1 aromatic rings. The third-order valence-corrected chi connectivity index (χ3v) is 6.94. The molecule has 0 aromatic carbocycles. The van der Waals surface area contributed by atoms with Crippen LogP contribution in [0.2, 0.25) is 0 Å². The molecule has 0 radical (unpaired) electrons. The molecule has 1 aliphatic rings. The molecular weight excluding hydrogens is 498 g/mol. The van der Waals surface area contributed by atoms with E-state index in [1.165, 1.54) is 0 Å². The third kappa shape index (κ3) is 12.8. The minimum Gasteiger partial charge on any atom is -0.481 e. The van der Waals surface area contributed by atoms with Crippen LogP contribution in [0.4, 0.5) is 17.8 Å². The van der Waals surface area contributed by atoms with E-state index in [9.17, 15) is 9.59 Å². The Hall–Kier alpha value is -2.69. The molecule has 0 atom stereocenters. The molecule has 5 N–H and O–H groups in total. The number of hydrogen-bond donors (Lipinski definition) is 5. The normalized spacial score (nSPS) is 16.5. The summed E-state index contributed by atoms with van der Waals surface area (Å²) in [6.45, 7) is 13.4. The van der Waals surface area contributed by atoms with E-state index in [2.05, 4.69) is 60.5 Å². The van der Waals surface area contributed by atoms with Crippen molar-refractivity contribution in [3.05, 3.63) is 0 Å². The predicted molar refractivity (Wildman–Crippen MR) is 156 cm³/mol. The van der Waals surface area contributed by atoms with E-state index >= 15 is 0 Å². The number of aliphatic carboxylic acids is 2. The molecule has 0 bridgehead atoms. The molecule has 222 valence electrons. The lowest BCUT2D eigenvalue weighted by atomic mass is 9.79. The highest BCUT2D eigenvalue weighted by Crippen LogP contribution is 2.33. The number of rotatable bonds is 19. The fraction of sp³-hybridized carbons (Fsp3) is 0.821. The molecule has 0 amide bonds. The van der Waals surface area contributed by atoms with Crippen LogP contribution in [0.5, 0.6) is 0 Å². The standard InChI is InChI=1S/C28H51N7O4/c1-6-7-18-35(21-19-27(2,3)34-28(4,5)20-21)26-32-24(29-16-12-8-10-14-22(36)37)31-25(33-26)30-17-13-9-11-15-23(38)39/h21,34H,6-20H2,1-5H3,(H,36,37)(H,38,39)(H2,29,30,31,32,33). The molecule has 1 aromatic heterocycles. The molecule has 1 fully saturated rings. The minimum absolute atomic E-state index is 0.0159. The number of nitrogens with zero attached hydrogens (tertiary/aromatic N) is 4. The zero-order valence-corrected chi connectivity index (χ0v) is 24.7. The summed E-state index contributed by atoms with van der Waals surface area (Å²) in [6.07, 6.45) is 9.04. The van der Waals surface area contributed by atoms with Gasteiger partial charge in [-0.2, -0.15) is 15.0 Å². The van der Waals surface area contributed by atoms with Gasteiger partial charge in [0.2, 0.25) is 17.8 Å². The van der Waals surface area contributed by atoms with Gasteiger partial charge in [-0.1, -0.05) is 26.2 Å². The van der Waals surface area contributed by atoms with Crippen molar-refractivity contribution in [3.63, 3.8) is 0 Å². The highest BCUT2D eigenvalue weighted by atomic mass is 16.4. The quantitative estimate of drug-likeness (QED) is 0.150. The average molecular weight is 550 g/mol. The number of anilines is 3. The fourth-order valence-electron chi connectivity index (χ4n) is 5.47. The van der Waals surface area contributed by atoms with Gasteiger partial charge in [-0.3, -0.25) is 9.59 Å². The summed E-state index contributed by atoms with van der Waals surface area (Å²) in [4.78, 5) is 38.2. The Balaban J connectivity index is 2.20. The monoisotopic (exact) mass is 549 g/mol. The summed E-state index contributed by atoms with van der Waals surface area (Å²) in [5.41, 5.74) is -0.0318. The second-order valence-electron chi connectivity index (χ2n) is 12.0. The number of piperidine rings is 1. The first-order valence-electron chi connectivity index (χ1n) is 14.6. The van der Waals surface area contributed by atoms with Gasteiger partial charge in [0.1, 0.15) is 0 Å². The first-order chi connectivity index (χ1) is 18.4. The molecule has 39 heavy (non-hydrogen) atoms. The number of hydrogen-bond acceptors (Lipinski definition) is 9. The first-order valence-corrected chi connectivity index (χ1v) is 14.6. The van der Waals surface area contributed by atoms with Gasteiger partial charge in [0.25, 0.3) is 0 Å². The molecule has 11 heteroatoms. The van der Waals surface area contributed by atoms with Gasteiger partial charge in [0.05, 0.1) is 0 Å². The number of nitrogens with one attached hydrogen (secondary N) is 3. The van der Waals surface area contributed by atoms with Gasteiger partial charge in [0, 0.05) is 49.6 Å². The lowest BCUT2D eigenvalue weighted by molar-refractivity contribution is -0.138. The Morgan fingerprint density at radius 2 is 1.31 bits per heavy atom. The molecule has 0 aliphatic carbocycles. The van der Waals surface area contributed by atoms with E-state index < -0.39 is 11.9 Å². The summed E-state index contributed by atoms with van der Waals surface area (Å²) >= 11 is 0. The van der Waals surface area contributed by atoms with Crippen molar-refractivity contribution in [3.8, 4) is 0 Å². The Kier molecular flexibility index (Phi) is 13.2. The van der Waals surface area contributed by atoms with Crippen LogP contribution < -0.4 is 20.9 Å². The predicted octanol–water partition coefficient (Wildman–Crippen LogP) is 4.90. The van der Waals surface area contributed by atoms with Crippen LogP contribution in [0.1, 0.15) is 112 Å². The highest BCUT2D eigenvalue weighted by Gasteiger charge is 2.40. The second-order valence-corrected chi connectivity index (χ2v) is 12.0. The van der Waals surface area contributed by atoms with E-state index in [4.69, 9.17) is 20.2 Å². The summed E-state index contributed by atoms with van der Waals surface area (Å²) in [6, 6.07) is 0.276. The Morgan fingerprint density at radius 3 is 1.74 bits per heavy atom. The van der Waals surface area contributed by atoms with Crippen molar-refractivity contribution >= 4 is 29.8 Å². The zero-order chi connectivity index (χ0) is 28.9. The average Bonchev–Trinajstić information content (AvgIpc) is 2.81. The Labute approximate surface area is 234 Å². The molecule has 11 nitrogen and oxygen atoms in total. The lowest BCUT2D eigenvalue weighted by Crippen LogP contribution is -2.62. The van der Waals surface area contributed by atoms with Gasteiger partial charge in [-0.05, 0) is 72.6 Å². The molecular formula is C28H51N7O4.